The van der Waals surface area contributed by atoms with Gasteiger partial charge in [-0.25, -0.2) is 0 Å². The smallest absolute Gasteiger partial charge is 0.303 e. The van der Waals surface area contributed by atoms with E-state index in [9.17, 15) is 4.79 Å². The topological polar surface area (TPSA) is 137 Å². The largest absolute Gasteiger partial charge is 0.481 e. The molecule has 3 heterocycles. The molecular formula is C37H70N8O4. The van der Waals surface area contributed by atoms with Crippen LogP contribution in [-0.4, -0.2) is 92.2 Å². The van der Waals surface area contributed by atoms with Gasteiger partial charge in [0.05, 0.1) is 14.2 Å². The number of aliphatic carboxylic acids is 1. The molecular weight excluding hydrogens is 620 g/mol. The van der Waals surface area contributed by atoms with Crippen LogP contribution in [0.2, 0.25) is 0 Å². The van der Waals surface area contributed by atoms with Gasteiger partial charge in [-0.1, -0.05) is 32.1 Å². The van der Waals surface area contributed by atoms with Gasteiger partial charge in [-0.05, 0) is 119 Å². The highest BCUT2D eigenvalue weighted by atomic mass is 16.7. The first-order valence-electron chi connectivity index (χ1n) is 18.9. The van der Waals surface area contributed by atoms with Crippen LogP contribution in [0.3, 0.4) is 0 Å². The molecule has 0 spiro atoms. The third kappa shape index (κ3) is 12.8. The molecule has 0 saturated carbocycles. The van der Waals surface area contributed by atoms with Crippen molar-refractivity contribution in [2.45, 2.75) is 167 Å². The minimum Gasteiger partial charge on any atom is -0.481 e. The Labute approximate surface area is 297 Å². The van der Waals surface area contributed by atoms with Crippen molar-refractivity contribution in [3.63, 3.8) is 0 Å². The maximum Gasteiger partial charge on any atom is 0.303 e. The fraction of sp³-hybridized carbons (Fsp3) is 0.892. The maximum atomic E-state index is 10.8. The highest BCUT2D eigenvalue weighted by Crippen LogP contribution is 2.44. The second-order valence-corrected chi connectivity index (χ2v) is 17.0. The van der Waals surface area contributed by atoms with E-state index < -0.39 is 5.97 Å². The van der Waals surface area contributed by atoms with Gasteiger partial charge in [-0.3, -0.25) is 4.79 Å². The van der Waals surface area contributed by atoms with Crippen LogP contribution >= 0.6 is 0 Å². The highest BCUT2D eigenvalue weighted by Gasteiger charge is 2.46. The zero-order valence-electron chi connectivity index (χ0n) is 32.6. The lowest BCUT2D eigenvalue weighted by Crippen LogP contribution is -2.59. The normalized spacial score (nSPS) is 21.0. The van der Waals surface area contributed by atoms with E-state index >= 15 is 0 Å². The molecule has 2 aliphatic rings. The summed E-state index contributed by atoms with van der Waals surface area (Å²) in [6.45, 7) is 20.6. The van der Waals surface area contributed by atoms with E-state index in [1.807, 2.05) is 0 Å². The Balaban J connectivity index is 1.49. The van der Waals surface area contributed by atoms with E-state index in [4.69, 9.17) is 19.8 Å². The first kappa shape index (κ1) is 41.1. The lowest BCUT2D eigenvalue weighted by Gasteiger charge is -2.53. The van der Waals surface area contributed by atoms with Crippen LogP contribution in [0.15, 0.2) is 0 Å². The molecule has 282 valence electrons. The van der Waals surface area contributed by atoms with Crippen LogP contribution < -0.4 is 16.0 Å². The molecule has 0 amide bonds. The van der Waals surface area contributed by atoms with Crippen LogP contribution in [-0.2, 0) is 14.5 Å². The summed E-state index contributed by atoms with van der Waals surface area (Å²) in [7, 11) is 3.58. The number of unbranched alkanes of at least 4 members (excludes halogenated alkanes) is 4. The number of carboxylic acid groups (broad SMARTS) is 1. The molecule has 1 aromatic rings. The van der Waals surface area contributed by atoms with Gasteiger partial charge in [0.2, 0.25) is 17.8 Å². The van der Waals surface area contributed by atoms with Gasteiger partial charge in [-0.15, -0.1) is 0 Å². The van der Waals surface area contributed by atoms with Crippen molar-refractivity contribution in [1.29, 1.82) is 0 Å². The van der Waals surface area contributed by atoms with Gasteiger partial charge in [0.1, 0.15) is 0 Å². The molecule has 2 fully saturated rings. The van der Waals surface area contributed by atoms with E-state index in [2.05, 4.69) is 91.4 Å². The van der Waals surface area contributed by atoms with Crippen molar-refractivity contribution in [3.8, 4) is 0 Å². The Morgan fingerprint density at radius 3 is 1.24 bits per heavy atom. The quantitative estimate of drug-likeness (QED) is 0.0939. The van der Waals surface area contributed by atoms with Crippen LogP contribution in [0, 0.1) is 11.8 Å². The molecule has 2 saturated heterocycles. The summed E-state index contributed by atoms with van der Waals surface area (Å²) in [5.41, 5.74) is 0.0679. The highest BCUT2D eigenvalue weighted by molar-refractivity contribution is 5.66. The summed E-state index contributed by atoms with van der Waals surface area (Å²) in [6, 6.07) is 0. The standard InChI is InChI=1S/C37H70N8O4/c1-34(2)24-28(25-35(3,4)44(34)48-9)18-13-16-22-39-32-41-31(38-21-15-11-12-20-30(46)47)42-33(43-32)40-23-17-14-19-29-26-36(5,6)45(49-10)37(7,8)27-29/h28-29H,11-27H2,1-10H3,(H,46,47)(H3,38,39,40,41,42,43). The number of rotatable bonds is 21. The predicted molar refractivity (Wildman–Crippen MR) is 199 cm³/mol. The number of hydrogen-bond donors (Lipinski definition) is 4. The van der Waals surface area contributed by atoms with Gasteiger partial charge in [0.15, 0.2) is 0 Å². The first-order valence-corrected chi connectivity index (χ1v) is 18.9. The van der Waals surface area contributed by atoms with Crippen LogP contribution in [0.4, 0.5) is 17.8 Å². The number of piperidine rings is 2. The van der Waals surface area contributed by atoms with Crippen molar-refractivity contribution < 1.29 is 19.6 Å². The van der Waals surface area contributed by atoms with Crippen LogP contribution in [0.25, 0.3) is 0 Å². The molecule has 0 aromatic carbocycles. The zero-order valence-corrected chi connectivity index (χ0v) is 32.6. The number of nitrogens with one attached hydrogen (secondary N) is 3. The van der Waals surface area contributed by atoms with Crippen molar-refractivity contribution in [3.05, 3.63) is 0 Å². The molecule has 0 atom stereocenters. The molecule has 2 aliphatic heterocycles. The van der Waals surface area contributed by atoms with Gasteiger partial charge in [-0.2, -0.15) is 25.1 Å². The Morgan fingerprint density at radius 1 is 0.612 bits per heavy atom. The molecule has 1 aromatic heterocycles. The van der Waals surface area contributed by atoms with Gasteiger partial charge in [0, 0.05) is 48.2 Å². The summed E-state index contributed by atoms with van der Waals surface area (Å²) in [5.74, 6) is 2.30. The Hall–Kier alpha value is -2.28. The number of hydrogen-bond acceptors (Lipinski definition) is 11. The molecule has 0 radical (unpaired) electrons. The Kier molecular flexibility index (Phi) is 15.4. The lowest BCUT2D eigenvalue weighted by atomic mass is 9.73. The number of carbonyl (C=O) groups is 1. The molecule has 49 heavy (non-hydrogen) atoms. The number of aromatic nitrogens is 3. The van der Waals surface area contributed by atoms with E-state index in [1.165, 1.54) is 12.8 Å². The fourth-order valence-electron chi connectivity index (χ4n) is 9.24. The summed E-state index contributed by atoms with van der Waals surface area (Å²) in [5, 5.41) is 23.5. The predicted octanol–water partition coefficient (Wildman–Crippen LogP) is 7.75. The molecule has 0 aliphatic carbocycles. The third-order valence-corrected chi connectivity index (χ3v) is 10.3. The molecule has 0 bridgehead atoms. The fourth-order valence-corrected chi connectivity index (χ4v) is 9.24. The lowest BCUT2D eigenvalue weighted by molar-refractivity contribution is -0.272. The van der Waals surface area contributed by atoms with Gasteiger partial charge >= 0.3 is 5.97 Å². The summed E-state index contributed by atoms with van der Waals surface area (Å²) in [6.07, 6.45) is 13.9. The molecule has 12 nitrogen and oxygen atoms in total. The van der Waals surface area contributed by atoms with Crippen molar-refractivity contribution in [2.24, 2.45) is 11.8 Å². The average molecular weight is 691 g/mol. The van der Waals surface area contributed by atoms with E-state index in [-0.39, 0.29) is 28.6 Å². The van der Waals surface area contributed by atoms with Crippen LogP contribution in [0.1, 0.15) is 145 Å². The molecule has 12 heteroatoms. The third-order valence-electron chi connectivity index (χ3n) is 10.3. The monoisotopic (exact) mass is 691 g/mol. The van der Waals surface area contributed by atoms with E-state index in [1.54, 1.807) is 14.2 Å². The number of carboxylic acids is 1. The summed E-state index contributed by atoms with van der Waals surface area (Å²) >= 11 is 0. The number of hydroxylamine groups is 4. The summed E-state index contributed by atoms with van der Waals surface area (Å²) in [4.78, 5) is 36.4. The van der Waals surface area contributed by atoms with Crippen molar-refractivity contribution in [2.75, 3.05) is 49.8 Å². The molecule has 3 rings (SSSR count). The second-order valence-electron chi connectivity index (χ2n) is 17.0. The Bertz CT molecular complexity index is 1050. The summed E-state index contributed by atoms with van der Waals surface area (Å²) < 4.78 is 0. The van der Waals surface area contributed by atoms with Crippen molar-refractivity contribution in [1.82, 2.24) is 25.1 Å². The maximum absolute atomic E-state index is 10.8. The number of nitrogens with zero attached hydrogens (tertiary/aromatic N) is 5. The first-order chi connectivity index (χ1) is 23.0. The minimum absolute atomic E-state index is 0.0170. The minimum atomic E-state index is -0.745. The van der Waals surface area contributed by atoms with E-state index in [0.29, 0.717) is 42.6 Å². The van der Waals surface area contributed by atoms with E-state index in [0.717, 1.165) is 77.3 Å². The van der Waals surface area contributed by atoms with Gasteiger partial charge < -0.3 is 30.7 Å². The SMILES string of the molecule is CON1C(C)(C)CC(CCCCNc2nc(NCCCCCC(=O)O)nc(NCCCCC3CC(C)(C)N(OC)C(C)(C)C3)n2)CC1(C)C. The van der Waals surface area contributed by atoms with Gasteiger partial charge in [0.25, 0.3) is 0 Å². The second kappa shape index (κ2) is 18.3. The molecule has 4 N–H and O–H groups in total. The zero-order chi connectivity index (χ0) is 36.3. The van der Waals surface area contributed by atoms with Crippen molar-refractivity contribution >= 4 is 23.8 Å². The average Bonchev–Trinajstić information content (AvgIpc) is 2.96. The number of anilines is 3. The Morgan fingerprint density at radius 2 is 0.939 bits per heavy atom. The molecule has 0 unspecified atom stereocenters. The van der Waals surface area contributed by atoms with Crippen LogP contribution in [0.5, 0.6) is 0 Å².